The number of benzene rings is 3. The van der Waals surface area contributed by atoms with E-state index in [4.69, 9.17) is 11.6 Å². The van der Waals surface area contributed by atoms with Crippen LogP contribution in [-0.4, -0.2) is 20.5 Å². The summed E-state index contributed by atoms with van der Waals surface area (Å²) in [7, 11) is -3.88. The SMILES string of the molecule is O=C(NN=Cc1ccccc1)c1ccccc1NS(=O)(=O)c1ccc(Cl)cc1. The van der Waals surface area contributed by atoms with Crippen molar-refractivity contribution in [1.29, 1.82) is 0 Å². The number of nitrogens with one attached hydrogen (secondary N) is 2. The molecule has 0 fully saturated rings. The quantitative estimate of drug-likeness (QED) is 0.474. The summed E-state index contributed by atoms with van der Waals surface area (Å²) in [5.41, 5.74) is 3.51. The third kappa shape index (κ3) is 4.97. The second-order valence-corrected chi connectivity index (χ2v) is 7.83. The van der Waals surface area contributed by atoms with Gasteiger partial charge in [0, 0.05) is 5.02 Å². The number of carbonyl (C=O) groups is 1. The van der Waals surface area contributed by atoms with Gasteiger partial charge >= 0.3 is 0 Å². The lowest BCUT2D eigenvalue weighted by Crippen LogP contribution is -2.21. The molecule has 0 aliphatic carbocycles. The molecule has 3 aromatic rings. The van der Waals surface area contributed by atoms with E-state index in [1.165, 1.54) is 42.6 Å². The van der Waals surface area contributed by atoms with Crippen LogP contribution in [-0.2, 0) is 10.0 Å². The van der Waals surface area contributed by atoms with Crippen LogP contribution >= 0.6 is 11.6 Å². The molecule has 2 N–H and O–H groups in total. The van der Waals surface area contributed by atoms with Crippen molar-refractivity contribution in [1.82, 2.24) is 5.43 Å². The lowest BCUT2D eigenvalue weighted by molar-refractivity contribution is 0.0956. The van der Waals surface area contributed by atoms with Crippen molar-refractivity contribution in [2.24, 2.45) is 5.10 Å². The van der Waals surface area contributed by atoms with Gasteiger partial charge in [0.2, 0.25) is 0 Å². The maximum absolute atomic E-state index is 12.6. The average Bonchev–Trinajstić information content (AvgIpc) is 2.69. The minimum absolute atomic E-state index is 0.0363. The number of sulfonamides is 1. The Hall–Kier alpha value is -3.16. The van der Waals surface area contributed by atoms with E-state index in [0.29, 0.717) is 5.02 Å². The van der Waals surface area contributed by atoms with Crippen molar-refractivity contribution in [3.63, 3.8) is 0 Å². The van der Waals surface area contributed by atoms with Gasteiger partial charge in [0.25, 0.3) is 15.9 Å². The van der Waals surface area contributed by atoms with Gasteiger partial charge in [0.05, 0.1) is 22.4 Å². The van der Waals surface area contributed by atoms with E-state index in [9.17, 15) is 13.2 Å². The fourth-order valence-corrected chi connectivity index (χ4v) is 3.56. The number of nitrogens with zero attached hydrogens (tertiary/aromatic N) is 1. The lowest BCUT2D eigenvalue weighted by Gasteiger charge is -2.11. The molecule has 0 spiro atoms. The Kier molecular flexibility index (Phi) is 6.08. The van der Waals surface area contributed by atoms with E-state index in [0.717, 1.165) is 5.56 Å². The molecule has 8 heteroatoms. The van der Waals surface area contributed by atoms with E-state index in [1.54, 1.807) is 12.1 Å². The van der Waals surface area contributed by atoms with Crippen LogP contribution in [0, 0.1) is 0 Å². The summed E-state index contributed by atoms with van der Waals surface area (Å²) < 4.78 is 27.6. The highest BCUT2D eigenvalue weighted by Gasteiger charge is 2.18. The summed E-state index contributed by atoms with van der Waals surface area (Å²) in [5, 5.41) is 4.33. The fourth-order valence-electron chi connectivity index (χ4n) is 2.35. The molecular formula is C20H16ClN3O3S. The molecule has 142 valence electrons. The molecule has 0 unspecified atom stereocenters. The zero-order valence-electron chi connectivity index (χ0n) is 14.5. The molecule has 0 saturated carbocycles. The van der Waals surface area contributed by atoms with Crippen LogP contribution in [0.4, 0.5) is 5.69 Å². The Morgan fingerprint density at radius 1 is 0.893 bits per heavy atom. The third-order valence-corrected chi connectivity index (χ3v) is 5.35. The zero-order valence-corrected chi connectivity index (χ0v) is 16.1. The molecule has 0 aromatic heterocycles. The van der Waals surface area contributed by atoms with Crippen molar-refractivity contribution in [2.45, 2.75) is 4.90 Å². The first-order valence-corrected chi connectivity index (χ1v) is 10.1. The van der Waals surface area contributed by atoms with E-state index in [-0.39, 0.29) is 16.1 Å². The van der Waals surface area contributed by atoms with E-state index >= 15 is 0 Å². The molecule has 0 atom stereocenters. The van der Waals surface area contributed by atoms with Gasteiger partial charge in [-0.1, -0.05) is 54.1 Å². The number of hydrogen-bond acceptors (Lipinski definition) is 4. The Balaban J connectivity index is 1.78. The molecule has 1 amide bonds. The third-order valence-electron chi connectivity index (χ3n) is 3.72. The summed E-state index contributed by atoms with van der Waals surface area (Å²) >= 11 is 5.80. The second-order valence-electron chi connectivity index (χ2n) is 5.71. The van der Waals surface area contributed by atoms with Crippen molar-refractivity contribution in [3.8, 4) is 0 Å². The molecule has 0 saturated heterocycles. The number of anilines is 1. The zero-order chi connectivity index (χ0) is 20.0. The molecule has 6 nitrogen and oxygen atoms in total. The van der Waals surface area contributed by atoms with Gasteiger partial charge in [-0.05, 0) is 42.0 Å². The Morgan fingerprint density at radius 2 is 1.54 bits per heavy atom. The summed E-state index contributed by atoms with van der Waals surface area (Å²) in [6.45, 7) is 0. The molecule has 28 heavy (non-hydrogen) atoms. The highest BCUT2D eigenvalue weighted by atomic mass is 35.5. The summed E-state index contributed by atoms with van der Waals surface area (Å²) in [6.07, 6.45) is 1.50. The summed E-state index contributed by atoms with van der Waals surface area (Å²) in [4.78, 5) is 12.5. The van der Waals surface area contributed by atoms with Gasteiger partial charge in [0.1, 0.15) is 0 Å². The Labute approximate surface area is 167 Å². The van der Waals surface area contributed by atoms with Gasteiger partial charge in [-0.15, -0.1) is 0 Å². The van der Waals surface area contributed by atoms with Crippen molar-refractivity contribution in [3.05, 3.63) is 95.0 Å². The van der Waals surface area contributed by atoms with Crippen LogP contribution < -0.4 is 10.1 Å². The van der Waals surface area contributed by atoms with Gasteiger partial charge in [0.15, 0.2) is 0 Å². The highest BCUT2D eigenvalue weighted by Crippen LogP contribution is 2.21. The van der Waals surface area contributed by atoms with Crippen LogP contribution in [0.1, 0.15) is 15.9 Å². The van der Waals surface area contributed by atoms with Crippen LogP contribution in [0.3, 0.4) is 0 Å². The molecule has 0 aliphatic heterocycles. The van der Waals surface area contributed by atoms with Crippen molar-refractivity contribution < 1.29 is 13.2 Å². The monoisotopic (exact) mass is 413 g/mol. The molecular weight excluding hydrogens is 398 g/mol. The van der Waals surface area contributed by atoms with E-state index < -0.39 is 15.9 Å². The topological polar surface area (TPSA) is 87.6 Å². The number of carbonyl (C=O) groups excluding carboxylic acids is 1. The van der Waals surface area contributed by atoms with Gasteiger partial charge < -0.3 is 0 Å². The van der Waals surface area contributed by atoms with E-state index in [1.807, 2.05) is 30.3 Å². The smallest absolute Gasteiger partial charge is 0.273 e. The van der Waals surface area contributed by atoms with Gasteiger partial charge in [-0.3, -0.25) is 9.52 Å². The van der Waals surface area contributed by atoms with Crippen LogP contribution in [0.25, 0.3) is 0 Å². The first-order valence-electron chi connectivity index (χ1n) is 8.21. The molecule has 3 aromatic carbocycles. The van der Waals surface area contributed by atoms with Crippen LogP contribution in [0.5, 0.6) is 0 Å². The molecule has 3 rings (SSSR count). The normalized spacial score (nSPS) is 11.3. The molecule has 0 bridgehead atoms. The average molecular weight is 414 g/mol. The lowest BCUT2D eigenvalue weighted by atomic mass is 10.2. The number of rotatable bonds is 6. The van der Waals surface area contributed by atoms with Gasteiger partial charge in [-0.25, -0.2) is 13.8 Å². The minimum atomic E-state index is -3.88. The Bertz CT molecular complexity index is 1100. The van der Waals surface area contributed by atoms with E-state index in [2.05, 4.69) is 15.2 Å². The highest BCUT2D eigenvalue weighted by molar-refractivity contribution is 7.92. The predicted octanol–water partition coefficient (Wildman–Crippen LogP) is 3.90. The number of amides is 1. The number of para-hydroxylation sites is 1. The van der Waals surface area contributed by atoms with Crippen LogP contribution in [0.2, 0.25) is 5.02 Å². The van der Waals surface area contributed by atoms with Gasteiger partial charge in [-0.2, -0.15) is 5.10 Å². The van der Waals surface area contributed by atoms with Crippen LogP contribution in [0.15, 0.2) is 88.9 Å². The van der Waals surface area contributed by atoms with Crippen molar-refractivity contribution in [2.75, 3.05) is 4.72 Å². The molecule has 0 radical (unpaired) electrons. The largest absolute Gasteiger partial charge is 0.279 e. The number of hydrazone groups is 1. The minimum Gasteiger partial charge on any atom is -0.279 e. The standard InChI is InChI=1S/C20H16ClN3O3S/c21-16-10-12-17(13-11-16)28(26,27)24-19-9-5-4-8-18(19)20(25)23-22-14-15-6-2-1-3-7-15/h1-14,24H,(H,23,25). The number of hydrogen-bond donors (Lipinski definition) is 2. The fraction of sp³-hybridized carbons (Fsp3) is 0. The summed E-state index contributed by atoms with van der Waals surface area (Å²) in [5.74, 6) is -0.540. The molecule has 0 aliphatic rings. The molecule has 0 heterocycles. The first kappa shape index (κ1) is 19.6. The van der Waals surface area contributed by atoms with Crippen molar-refractivity contribution >= 4 is 39.4 Å². The second kappa shape index (κ2) is 8.69. The first-order chi connectivity index (χ1) is 13.5. The Morgan fingerprint density at radius 3 is 2.25 bits per heavy atom. The maximum Gasteiger partial charge on any atom is 0.273 e. The predicted molar refractivity (Wildman–Crippen MR) is 110 cm³/mol. The maximum atomic E-state index is 12.6. The number of halogens is 1. The summed E-state index contributed by atoms with van der Waals surface area (Å²) in [6, 6.07) is 21.3.